The summed E-state index contributed by atoms with van der Waals surface area (Å²) in [6, 6.07) is 0. The lowest BCUT2D eigenvalue weighted by molar-refractivity contribution is -0.152. The number of aliphatic hydroxyl groups is 2. The molecule has 0 aromatic carbocycles. The van der Waals surface area contributed by atoms with Crippen molar-refractivity contribution in [1.82, 2.24) is 0 Å². The molecule has 19 heavy (non-hydrogen) atoms. The molecule has 2 N–H and O–H groups in total. The van der Waals surface area contributed by atoms with E-state index >= 15 is 0 Å². The van der Waals surface area contributed by atoms with Crippen molar-refractivity contribution < 1.29 is 19.7 Å². The van der Waals surface area contributed by atoms with Crippen LogP contribution >= 0.6 is 0 Å². The van der Waals surface area contributed by atoms with Crippen LogP contribution in [0.4, 0.5) is 0 Å². The number of carbonyl (C=O) groups excluding carboxylic acids is 1. The molecule has 106 valence electrons. The highest BCUT2D eigenvalue weighted by atomic mass is 16.6. The Balaban J connectivity index is 1.77. The van der Waals surface area contributed by atoms with Gasteiger partial charge in [0.2, 0.25) is 0 Å². The zero-order valence-corrected chi connectivity index (χ0v) is 11.7. The molecule has 0 radical (unpaired) electrons. The molecule has 4 heteroatoms. The van der Waals surface area contributed by atoms with Gasteiger partial charge < -0.3 is 14.9 Å². The molecule has 1 aliphatic heterocycles. The van der Waals surface area contributed by atoms with E-state index in [0.717, 1.165) is 12.8 Å². The zero-order chi connectivity index (χ0) is 13.8. The quantitative estimate of drug-likeness (QED) is 0.641. The summed E-state index contributed by atoms with van der Waals surface area (Å²) < 4.78 is 5.05. The molecule has 0 aromatic rings. The fourth-order valence-electron chi connectivity index (χ4n) is 5.94. The summed E-state index contributed by atoms with van der Waals surface area (Å²) in [6.07, 6.45) is 1.45. The summed E-state index contributed by atoms with van der Waals surface area (Å²) in [5.41, 5.74) is -1.86. The van der Waals surface area contributed by atoms with Gasteiger partial charge in [-0.15, -0.1) is 0 Å². The van der Waals surface area contributed by atoms with E-state index in [1.54, 1.807) is 0 Å². The minimum atomic E-state index is -1.40. The van der Waals surface area contributed by atoms with E-state index in [1.165, 1.54) is 0 Å². The number of hydrogen-bond acceptors (Lipinski definition) is 4. The third-order valence-electron chi connectivity index (χ3n) is 6.65. The summed E-state index contributed by atoms with van der Waals surface area (Å²) in [7, 11) is 0. The van der Waals surface area contributed by atoms with Gasteiger partial charge in [-0.1, -0.05) is 20.8 Å². The first-order valence-corrected chi connectivity index (χ1v) is 7.33. The van der Waals surface area contributed by atoms with E-state index in [4.69, 9.17) is 4.74 Å². The predicted molar refractivity (Wildman–Crippen MR) is 67.0 cm³/mol. The van der Waals surface area contributed by atoms with Gasteiger partial charge >= 0.3 is 5.97 Å². The van der Waals surface area contributed by atoms with Crippen molar-refractivity contribution in [2.45, 2.75) is 45.3 Å². The van der Waals surface area contributed by atoms with Crippen LogP contribution in [0.1, 0.15) is 33.6 Å². The molecule has 1 heterocycles. The third kappa shape index (κ3) is 1.06. The second-order valence-electron chi connectivity index (χ2n) is 8.06. The Morgan fingerprint density at radius 2 is 1.89 bits per heavy atom. The minimum Gasteiger partial charge on any atom is -0.463 e. The second kappa shape index (κ2) is 3.01. The van der Waals surface area contributed by atoms with Gasteiger partial charge in [-0.3, -0.25) is 0 Å². The van der Waals surface area contributed by atoms with Crippen LogP contribution in [0.15, 0.2) is 0 Å². The molecular formula is C15H22O4. The molecule has 3 saturated carbocycles. The maximum Gasteiger partial charge on any atom is 0.339 e. The van der Waals surface area contributed by atoms with Crippen LogP contribution in [0.25, 0.3) is 0 Å². The van der Waals surface area contributed by atoms with Crippen LogP contribution in [0.5, 0.6) is 0 Å². The van der Waals surface area contributed by atoms with E-state index in [1.807, 2.05) is 0 Å². The van der Waals surface area contributed by atoms with Gasteiger partial charge in [-0.2, -0.15) is 0 Å². The van der Waals surface area contributed by atoms with Crippen molar-refractivity contribution in [3.05, 3.63) is 0 Å². The molecule has 4 aliphatic rings. The fraction of sp³-hybridized carbons (Fsp3) is 0.933. The number of cyclic esters (lactones) is 1. The zero-order valence-electron chi connectivity index (χ0n) is 11.7. The Kier molecular flexibility index (Phi) is 1.93. The van der Waals surface area contributed by atoms with Crippen LogP contribution in [-0.2, 0) is 9.53 Å². The normalized spacial score (nSPS) is 61.1. The largest absolute Gasteiger partial charge is 0.463 e. The molecule has 1 saturated heterocycles. The van der Waals surface area contributed by atoms with E-state index in [-0.39, 0.29) is 29.8 Å². The second-order valence-corrected chi connectivity index (χ2v) is 8.06. The number of fused-ring (bicyclic) bond motifs is 2. The maximum absolute atomic E-state index is 11.9. The Hall–Kier alpha value is -0.610. The Morgan fingerprint density at radius 3 is 2.58 bits per heavy atom. The maximum atomic E-state index is 11.9. The molecule has 4 rings (SSSR count). The van der Waals surface area contributed by atoms with Gasteiger partial charge in [0.25, 0.3) is 0 Å². The molecule has 0 bridgehead atoms. The molecule has 4 nitrogen and oxygen atoms in total. The van der Waals surface area contributed by atoms with E-state index in [2.05, 4.69) is 20.8 Å². The topological polar surface area (TPSA) is 66.8 Å². The van der Waals surface area contributed by atoms with Gasteiger partial charge in [-0.05, 0) is 36.0 Å². The molecule has 2 unspecified atom stereocenters. The lowest BCUT2D eigenvalue weighted by atomic mass is 9.68. The first-order valence-electron chi connectivity index (χ1n) is 7.33. The number of hydrogen-bond donors (Lipinski definition) is 2. The summed E-state index contributed by atoms with van der Waals surface area (Å²) in [5.74, 6) is 0.287. The highest BCUT2D eigenvalue weighted by molar-refractivity contribution is 5.89. The SMILES string of the molecule is C[C@@H]1C2CC(C)(C)CC2[C@H](O)[C@]23COC(=O)[C@@]2(O)[C@H]13. The molecule has 7 atom stereocenters. The number of carbonyl (C=O) groups is 1. The average Bonchev–Trinajstić information content (AvgIpc) is 2.56. The van der Waals surface area contributed by atoms with Crippen molar-refractivity contribution in [2.75, 3.05) is 6.61 Å². The average molecular weight is 266 g/mol. The summed E-state index contributed by atoms with van der Waals surface area (Å²) in [5, 5.41) is 21.5. The predicted octanol–water partition coefficient (Wildman–Crippen LogP) is 0.953. The molecule has 1 spiro atoms. The summed E-state index contributed by atoms with van der Waals surface area (Å²) in [4.78, 5) is 11.9. The van der Waals surface area contributed by atoms with Crippen molar-refractivity contribution in [1.29, 1.82) is 0 Å². The molecule has 0 aromatic heterocycles. The van der Waals surface area contributed by atoms with Gasteiger partial charge in [0, 0.05) is 5.92 Å². The molecule has 3 aliphatic carbocycles. The van der Waals surface area contributed by atoms with Crippen molar-refractivity contribution >= 4 is 5.97 Å². The van der Waals surface area contributed by atoms with Gasteiger partial charge in [-0.25, -0.2) is 4.79 Å². The van der Waals surface area contributed by atoms with Gasteiger partial charge in [0.1, 0.15) is 6.61 Å². The van der Waals surface area contributed by atoms with Gasteiger partial charge in [0.05, 0.1) is 11.5 Å². The van der Waals surface area contributed by atoms with E-state index in [9.17, 15) is 15.0 Å². The van der Waals surface area contributed by atoms with Crippen LogP contribution in [0, 0.1) is 34.5 Å². The van der Waals surface area contributed by atoms with Crippen molar-refractivity contribution in [3.63, 3.8) is 0 Å². The Morgan fingerprint density at radius 1 is 1.26 bits per heavy atom. The highest BCUT2D eigenvalue weighted by Gasteiger charge is 2.91. The minimum absolute atomic E-state index is 0.105. The van der Waals surface area contributed by atoms with Crippen LogP contribution < -0.4 is 0 Å². The lowest BCUT2D eigenvalue weighted by Gasteiger charge is -2.39. The van der Waals surface area contributed by atoms with Crippen LogP contribution in [0.2, 0.25) is 0 Å². The third-order valence-corrected chi connectivity index (χ3v) is 6.65. The smallest absolute Gasteiger partial charge is 0.339 e. The van der Waals surface area contributed by atoms with Crippen LogP contribution in [0.3, 0.4) is 0 Å². The molecule has 4 fully saturated rings. The van der Waals surface area contributed by atoms with Crippen LogP contribution in [-0.4, -0.2) is 34.5 Å². The van der Waals surface area contributed by atoms with E-state index < -0.39 is 23.1 Å². The monoisotopic (exact) mass is 266 g/mol. The first-order chi connectivity index (χ1) is 8.76. The van der Waals surface area contributed by atoms with Crippen molar-refractivity contribution in [2.24, 2.45) is 34.5 Å². The molecular weight excluding hydrogens is 244 g/mol. The van der Waals surface area contributed by atoms with E-state index in [0.29, 0.717) is 5.92 Å². The number of esters is 1. The Labute approximate surface area is 113 Å². The summed E-state index contributed by atoms with van der Waals surface area (Å²) >= 11 is 0. The summed E-state index contributed by atoms with van der Waals surface area (Å²) in [6.45, 7) is 6.83. The standard InChI is InChI=1S/C15H22O4/c1-7-8-4-13(2,3)5-9(8)11(16)14-6-19-12(17)15(14,18)10(7)14/h7-11,16,18H,4-6H2,1-3H3/t7-,8?,9?,10-,11+,14-,15+/m1/s1. The van der Waals surface area contributed by atoms with Crippen molar-refractivity contribution in [3.8, 4) is 0 Å². The Bertz CT molecular complexity index is 473. The van der Waals surface area contributed by atoms with Gasteiger partial charge in [0.15, 0.2) is 5.60 Å². The first kappa shape index (κ1) is 12.2. The number of aliphatic hydroxyl groups excluding tert-OH is 1. The number of rotatable bonds is 0. The number of ether oxygens (including phenoxy) is 1. The fourth-order valence-corrected chi connectivity index (χ4v) is 5.94. The highest BCUT2D eigenvalue weighted by Crippen LogP contribution is 2.77. The molecule has 0 amide bonds. The lowest BCUT2D eigenvalue weighted by Crippen LogP contribution is -2.44.